The Morgan fingerprint density at radius 3 is 2.63 bits per heavy atom. The molecule has 3 rings (SSSR count). The van der Waals surface area contributed by atoms with Crippen LogP contribution in [-0.2, 0) is 9.59 Å². The van der Waals surface area contributed by atoms with Crippen molar-refractivity contribution in [2.45, 2.75) is 50.9 Å². The predicted octanol–water partition coefficient (Wildman–Crippen LogP) is 1.32. The van der Waals surface area contributed by atoms with Crippen LogP contribution in [-0.4, -0.2) is 34.0 Å². The van der Waals surface area contributed by atoms with Gasteiger partial charge in [0.2, 0.25) is 11.8 Å². The van der Waals surface area contributed by atoms with E-state index in [0.717, 1.165) is 18.6 Å². The van der Waals surface area contributed by atoms with Gasteiger partial charge in [-0.1, -0.05) is 13.8 Å². The van der Waals surface area contributed by atoms with Gasteiger partial charge in [-0.15, -0.1) is 11.8 Å². The number of nitrogens with one attached hydrogen (secondary N) is 1. The van der Waals surface area contributed by atoms with E-state index < -0.39 is 0 Å². The summed E-state index contributed by atoms with van der Waals surface area (Å²) in [6, 6.07) is 0. The minimum Gasteiger partial charge on any atom is -0.392 e. The van der Waals surface area contributed by atoms with Crippen LogP contribution in [0, 0.1) is 16.7 Å². The predicted molar refractivity (Wildman–Crippen MR) is 73.6 cm³/mol. The van der Waals surface area contributed by atoms with Crippen LogP contribution in [0.1, 0.15) is 39.5 Å². The molecule has 3 fully saturated rings. The van der Waals surface area contributed by atoms with Crippen LogP contribution < -0.4 is 5.32 Å². The van der Waals surface area contributed by atoms with Crippen LogP contribution >= 0.6 is 11.8 Å². The fourth-order valence-electron chi connectivity index (χ4n) is 4.29. The minimum atomic E-state index is -0.260. The summed E-state index contributed by atoms with van der Waals surface area (Å²) in [5.74, 6) is 1.05. The third kappa shape index (κ3) is 1.77. The monoisotopic (exact) mass is 283 g/mol. The minimum absolute atomic E-state index is 0.0751. The van der Waals surface area contributed by atoms with E-state index in [0.29, 0.717) is 12.3 Å². The number of carbonyl (C=O) groups is 2. The van der Waals surface area contributed by atoms with Crippen LogP contribution in [0.4, 0.5) is 0 Å². The van der Waals surface area contributed by atoms with Crippen molar-refractivity contribution < 1.29 is 14.7 Å². The largest absolute Gasteiger partial charge is 0.392 e. The van der Waals surface area contributed by atoms with Crippen molar-refractivity contribution in [3.8, 4) is 0 Å². The third-order valence-electron chi connectivity index (χ3n) is 5.86. The second-order valence-corrected chi connectivity index (χ2v) is 7.97. The van der Waals surface area contributed by atoms with Crippen molar-refractivity contribution in [1.82, 2.24) is 5.32 Å². The lowest BCUT2D eigenvalue weighted by Gasteiger charge is -2.40. The van der Waals surface area contributed by atoms with Gasteiger partial charge in [0.15, 0.2) is 0 Å². The molecule has 0 aromatic carbocycles. The molecule has 2 bridgehead atoms. The number of hydrogen-bond donors (Lipinski definition) is 2. The van der Waals surface area contributed by atoms with Gasteiger partial charge >= 0.3 is 0 Å². The van der Waals surface area contributed by atoms with E-state index in [1.165, 1.54) is 6.42 Å². The summed E-state index contributed by atoms with van der Waals surface area (Å²) in [4.78, 5) is 22.8. The highest BCUT2D eigenvalue weighted by atomic mass is 32.2. The molecule has 0 aromatic rings. The zero-order chi connectivity index (χ0) is 13.8. The Kier molecular flexibility index (Phi) is 2.98. The Morgan fingerprint density at radius 1 is 1.42 bits per heavy atom. The zero-order valence-electron chi connectivity index (χ0n) is 11.4. The molecule has 19 heavy (non-hydrogen) atoms. The highest BCUT2D eigenvalue weighted by Gasteiger charge is 2.63. The first-order chi connectivity index (χ1) is 8.87. The number of rotatable bonds is 3. The van der Waals surface area contributed by atoms with Crippen LogP contribution in [0.2, 0.25) is 0 Å². The zero-order valence-corrected chi connectivity index (χ0v) is 12.3. The SMILES string of the molecule is CC1(C)[C@@H]2CC[C@@]1(CSC1CC(=O)NC1=O)[C@H](O)C2. The maximum Gasteiger partial charge on any atom is 0.240 e. The van der Waals surface area contributed by atoms with Crippen LogP contribution in [0.25, 0.3) is 0 Å². The second-order valence-electron chi connectivity index (χ2n) is 6.78. The molecule has 3 aliphatic rings. The molecule has 2 aliphatic carbocycles. The topological polar surface area (TPSA) is 66.4 Å². The van der Waals surface area contributed by atoms with Crippen molar-refractivity contribution in [3.63, 3.8) is 0 Å². The summed E-state index contributed by atoms with van der Waals surface area (Å²) in [5.41, 5.74) is 0.0623. The molecule has 106 valence electrons. The maximum atomic E-state index is 11.6. The highest BCUT2D eigenvalue weighted by molar-refractivity contribution is 8.00. The first-order valence-corrected chi connectivity index (χ1v) is 8.05. The Labute approximate surface area is 117 Å². The van der Waals surface area contributed by atoms with Gasteiger partial charge in [0.05, 0.1) is 11.4 Å². The van der Waals surface area contributed by atoms with E-state index in [4.69, 9.17) is 0 Å². The van der Waals surface area contributed by atoms with Crippen molar-refractivity contribution >= 4 is 23.6 Å². The number of hydrogen-bond acceptors (Lipinski definition) is 4. The quantitative estimate of drug-likeness (QED) is 0.767. The molecule has 2 saturated carbocycles. The average Bonchev–Trinajstić information content (AvgIpc) is 2.83. The maximum absolute atomic E-state index is 11.6. The Morgan fingerprint density at radius 2 is 2.16 bits per heavy atom. The van der Waals surface area contributed by atoms with E-state index in [1.807, 2.05) is 0 Å². The van der Waals surface area contributed by atoms with Gasteiger partial charge in [-0.2, -0.15) is 0 Å². The molecule has 0 radical (unpaired) electrons. The number of aliphatic hydroxyl groups is 1. The molecule has 1 unspecified atom stereocenters. The number of thioether (sulfide) groups is 1. The number of fused-ring (bicyclic) bond motifs is 2. The molecule has 1 heterocycles. The van der Waals surface area contributed by atoms with Gasteiger partial charge in [-0.05, 0) is 30.6 Å². The van der Waals surface area contributed by atoms with Crippen molar-refractivity contribution in [2.75, 3.05) is 5.75 Å². The molecule has 5 heteroatoms. The number of amides is 2. The number of imide groups is 1. The van der Waals surface area contributed by atoms with E-state index >= 15 is 0 Å². The van der Waals surface area contributed by atoms with Crippen molar-refractivity contribution in [1.29, 1.82) is 0 Å². The van der Waals surface area contributed by atoms with Gasteiger partial charge in [-0.3, -0.25) is 14.9 Å². The smallest absolute Gasteiger partial charge is 0.240 e. The molecular formula is C14H21NO3S. The lowest BCUT2D eigenvalue weighted by Crippen LogP contribution is -2.41. The van der Waals surface area contributed by atoms with E-state index in [2.05, 4.69) is 19.2 Å². The molecule has 4 atom stereocenters. The molecule has 1 aliphatic heterocycles. The van der Waals surface area contributed by atoms with Gasteiger partial charge in [0.25, 0.3) is 0 Å². The molecule has 0 aromatic heterocycles. The number of carbonyl (C=O) groups excluding carboxylic acids is 2. The Hall–Kier alpha value is -0.550. The summed E-state index contributed by atoms with van der Waals surface area (Å²) in [5, 5.41) is 12.5. The Bertz CT molecular complexity index is 436. The first kappa shape index (κ1) is 13.4. The standard InChI is InChI=1S/C14H21NO3S/c1-13(2)8-3-4-14(13,10(16)5-8)7-19-9-6-11(17)15-12(9)18/h8-10,16H,3-7H2,1-2H3,(H,15,17,18)/t8-,9?,10-,14-/m1/s1. The summed E-state index contributed by atoms with van der Waals surface area (Å²) in [6.07, 6.45) is 3.15. The van der Waals surface area contributed by atoms with E-state index in [-0.39, 0.29) is 34.0 Å². The van der Waals surface area contributed by atoms with E-state index in [9.17, 15) is 14.7 Å². The van der Waals surface area contributed by atoms with Gasteiger partial charge in [0.1, 0.15) is 0 Å². The molecule has 1 saturated heterocycles. The summed E-state index contributed by atoms with van der Waals surface area (Å²) in [6.45, 7) is 4.50. The molecule has 2 N–H and O–H groups in total. The lowest BCUT2D eigenvalue weighted by atomic mass is 9.70. The summed E-state index contributed by atoms with van der Waals surface area (Å²) in [7, 11) is 0. The third-order valence-corrected chi connectivity index (χ3v) is 7.32. The van der Waals surface area contributed by atoms with Gasteiger partial charge < -0.3 is 5.11 Å². The molecule has 4 nitrogen and oxygen atoms in total. The van der Waals surface area contributed by atoms with E-state index in [1.54, 1.807) is 11.8 Å². The lowest BCUT2D eigenvalue weighted by molar-refractivity contribution is -0.124. The Balaban J connectivity index is 1.72. The fourth-order valence-corrected chi connectivity index (χ4v) is 5.98. The van der Waals surface area contributed by atoms with Crippen molar-refractivity contribution in [3.05, 3.63) is 0 Å². The van der Waals surface area contributed by atoms with Crippen LogP contribution in [0.5, 0.6) is 0 Å². The molecular weight excluding hydrogens is 262 g/mol. The molecule has 0 spiro atoms. The van der Waals surface area contributed by atoms with Gasteiger partial charge in [-0.25, -0.2) is 0 Å². The average molecular weight is 283 g/mol. The van der Waals surface area contributed by atoms with Gasteiger partial charge in [0, 0.05) is 17.6 Å². The van der Waals surface area contributed by atoms with Crippen LogP contribution in [0.15, 0.2) is 0 Å². The van der Waals surface area contributed by atoms with Crippen molar-refractivity contribution in [2.24, 2.45) is 16.7 Å². The fraction of sp³-hybridized carbons (Fsp3) is 0.857. The summed E-state index contributed by atoms with van der Waals surface area (Å²) < 4.78 is 0. The first-order valence-electron chi connectivity index (χ1n) is 7.00. The molecule has 2 amide bonds. The summed E-state index contributed by atoms with van der Waals surface area (Å²) >= 11 is 1.56. The normalized spacial score (nSPS) is 43.8. The number of aliphatic hydroxyl groups excluding tert-OH is 1. The highest BCUT2D eigenvalue weighted by Crippen LogP contribution is 2.66. The second kappa shape index (κ2) is 4.22. The van der Waals surface area contributed by atoms with Crippen LogP contribution in [0.3, 0.4) is 0 Å².